The van der Waals surface area contributed by atoms with E-state index in [1.54, 1.807) is 29.8 Å². The molecular weight excluding hydrogens is 258 g/mol. The fourth-order valence-corrected chi connectivity index (χ4v) is 2.23. The van der Waals surface area contributed by atoms with Crippen molar-refractivity contribution in [3.05, 3.63) is 56.9 Å². The summed E-state index contributed by atoms with van der Waals surface area (Å²) in [6.45, 7) is 4.10. The highest BCUT2D eigenvalue weighted by Crippen LogP contribution is 2.19. The molecule has 0 aliphatic heterocycles. The summed E-state index contributed by atoms with van der Waals surface area (Å²) in [6, 6.07) is 6.66. The summed E-state index contributed by atoms with van der Waals surface area (Å²) >= 11 is 0. The van der Waals surface area contributed by atoms with Crippen LogP contribution in [0, 0.1) is 24.0 Å². The van der Waals surface area contributed by atoms with Crippen molar-refractivity contribution in [3.8, 4) is 0 Å². The van der Waals surface area contributed by atoms with Gasteiger partial charge in [-0.1, -0.05) is 18.2 Å². The number of para-hydroxylation sites is 1. The Labute approximate surface area is 116 Å². The quantitative estimate of drug-likeness (QED) is 0.476. The zero-order chi connectivity index (χ0) is 14.7. The van der Waals surface area contributed by atoms with E-state index in [1.807, 2.05) is 6.92 Å². The van der Waals surface area contributed by atoms with Gasteiger partial charge in [-0.25, -0.2) is 0 Å². The molecule has 0 amide bonds. The predicted octanol–water partition coefficient (Wildman–Crippen LogP) is 2.46. The van der Waals surface area contributed by atoms with Gasteiger partial charge in [0.2, 0.25) is 0 Å². The molecule has 0 spiro atoms. The lowest BCUT2D eigenvalue weighted by Gasteiger charge is -2.05. The van der Waals surface area contributed by atoms with Crippen molar-refractivity contribution < 1.29 is 9.72 Å². The highest BCUT2D eigenvalue weighted by atomic mass is 16.6. The van der Waals surface area contributed by atoms with E-state index in [2.05, 4.69) is 5.10 Å². The number of aryl methyl sites for hydroxylation is 3. The molecule has 0 saturated heterocycles. The van der Waals surface area contributed by atoms with Gasteiger partial charge in [-0.15, -0.1) is 0 Å². The molecule has 1 aromatic heterocycles. The summed E-state index contributed by atoms with van der Waals surface area (Å²) in [5, 5.41) is 15.2. The highest BCUT2D eigenvalue weighted by molar-refractivity contribution is 5.78. The molecule has 2 rings (SSSR count). The number of rotatable bonds is 5. The van der Waals surface area contributed by atoms with Gasteiger partial charge in [0, 0.05) is 23.9 Å². The molecule has 0 fully saturated rings. The van der Waals surface area contributed by atoms with Crippen LogP contribution in [0.2, 0.25) is 0 Å². The van der Waals surface area contributed by atoms with Crippen LogP contribution < -0.4 is 0 Å². The first-order chi connectivity index (χ1) is 9.54. The molecule has 1 aromatic carbocycles. The number of carbonyl (C=O) groups excluding carboxylic acids is 1. The monoisotopic (exact) mass is 273 g/mol. The summed E-state index contributed by atoms with van der Waals surface area (Å²) in [5.41, 5.74) is 2.84. The van der Waals surface area contributed by atoms with Gasteiger partial charge in [0.25, 0.3) is 5.69 Å². The third-order valence-corrected chi connectivity index (χ3v) is 3.34. The van der Waals surface area contributed by atoms with Gasteiger partial charge in [0.15, 0.2) is 6.29 Å². The summed E-state index contributed by atoms with van der Waals surface area (Å²) in [7, 11) is 0. The second-order valence-electron chi connectivity index (χ2n) is 4.56. The molecule has 104 valence electrons. The minimum absolute atomic E-state index is 0.115. The van der Waals surface area contributed by atoms with Gasteiger partial charge in [-0.05, 0) is 20.3 Å². The number of nitrogens with zero attached hydrogens (tertiary/aromatic N) is 3. The van der Waals surface area contributed by atoms with E-state index in [1.165, 1.54) is 6.07 Å². The summed E-state index contributed by atoms with van der Waals surface area (Å²) in [4.78, 5) is 21.5. The van der Waals surface area contributed by atoms with Crippen LogP contribution in [0.5, 0.6) is 0 Å². The summed E-state index contributed by atoms with van der Waals surface area (Å²) in [6.07, 6.45) is 1.29. The Balaban J connectivity index is 2.21. The number of nitro groups is 1. The van der Waals surface area contributed by atoms with Gasteiger partial charge in [-0.2, -0.15) is 5.10 Å². The number of hydrogen-bond acceptors (Lipinski definition) is 4. The molecule has 0 aliphatic carbocycles. The van der Waals surface area contributed by atoms with E-state index >= 15 is 0 Å². The molecule has 0 aliphatic rings. The first kappa shape index (κ1) is 13.9. The first-order valence-corrected chi connectivity index (χ1v) is 6.26. The number of aldehydes is 1. The Morgan fingerprint density at radius 3 is 2.65 bits per heavy atom. The molecule has 0 N–H and O–H groups in total. The fraction of sp³-hybridized carbons (Fsp3) is 0.286. The zero-order valence-corrected chi connectivity index (χ0v) is 11.4. The molecule has 0 radical (unpaired) electrons. The molecule has 0 unspecified atom stereocenters. The maximum absolute atomic E-state index is 10.9. The third kappa shape index (κ3) is 2.59. The largest absolute Gasteiger partial charge is 0.298 e. The maximum atomic E-state index is 10.9. The van der Waals surface area contributed by atoms with E-state index in [9.17, 15) is 14.9 Å². The van der Waals surface area contributed by atoms with E-state index in [0.717, 1.165) is 12.0 Å². The number of benzene rings is 1. The van der Waals surface area contributed by atoms with E-state index in [-0.39, 0.29) is 10.6 Å². The van der Waals surface area contributed by atoms with Crippen LogP contribution in [-0.2, 0) is 13.0 Å². The third-order valence-electron chi connectivity index (χ3n) is 3.34. The highest BCUT2D eigenvalue weighted by Gasteiger charge is 2.14. The number of aromatic nitrogens is 2. The van der Waals surface area contributed by atoms with Crippen molar-refractivity contribution in [1.82, 2.24) is 9.78 Å². The van der Waals surface area contributed by atoms with Crippen LogP contribution in [0.4, 0.5) is 5.69 Å². The Kier molecular flexibility index (Phi) is 3.93. The van der Waals surface area contributed by atoms with Crippen LogP contribution in [0.15, 0.2) is 24.3 Å². The van der Waals surface area contributed by atoms with Gasteiger partial charge in [-0.3, -0.25) is 19.6 Å². The van der Waals surface area contributed by atoms with Crippen molar-refractivity contribution in [2.75, 3.05) is 0 Å². The minimum atomic E-state index is -0.382. The SMILES string of the molecule is Cc1nn(CCc2ccccc2[N+](=O)[O-])c(C)c1C=O. The van der Waals surface area contributed by atoms with E-state index in [0.29, 0.717) is 29.8 Å². The van der Waals surface area contributed by atoms with Gasteiger partial charge in [0.1, 0.15) is 0 Å². The van der Waals surface area contributed by atoms with Crippen molar-refractivity contribution in [2.24, 2.45) is 0 Å². The molecule has 0 bridgehead atoms. The average molecular weight is 273 g/mol. The predicted molar refractivity (Wildman–Crippen MR) is 73.9 cm³/mol. The molecule has 20 heavy (non-hydrogen) atoms. The second-order valence-corrected chi connectivity index (χ2v) is 4.56. The standard InChI is InChI=1S/C14H15N3O3/c1-10-13(9-18)11(2)16(15-10)8-7-12-5-3-4-6-14(12)17(19)20/h3-6,9H,7-8H2,1-2H3. The molecule has 6 nitrogen and oxygen atoms in total. The number of hydrogen-bond donors (Lipinski definition) is 0. The molecule has 0 saturated carbocycles. The first-order valence-electron chi connectivity index (χ1n) is 6.26. The number of carbonyl (C=O) groups is 1. The molecule has 1 heterocycles. The molecule has 6 heteroatoms. The fourth-order valence-electron chi connectivity index (χ4n) is 2.23. The second kappa shape index (κ2) is 5.64. The average Bonchev–Trinajstić information content (AvgIpc) is 2.70. The van der Waals surface area contributed by atoms with Crippen molar-refractivity contribution in [1.29, 1.82) is 0 Å². The van der Waals surface area contributed by atoms with Gasteiger partial charge in [0.05, 0.1) is 16.2 Å². The Bertz CT molecular complexity index is 662. The van der Waals surface area contributed by atoms with Crippen molar-refractivity contribution >= 4 is 12.0 Å². The smallest absolute Gasteiger partial charge is 0.272 e. The lowest BCUT2D eigenvalue weighted by molar-refractivity contribution is -0.385. The lowest BCUT2D eigenvalue weighted by Crippen LogP contribution is -2.07. The Morgan fingerprint density at radius 1 is 1.35 bits per heavy atom. The van der Waals surface area contributed by atoms with Crippen LogP contribution in [-0.4, -0.2) is 21.0 Å². The number of nitro benzene ring substituents is 1. The summed E-state index contributed by atoms with van der Waals surface area (Å²) in [5.74, 6) is 0. The van der Waals surface area contributed by atoms with Crippen LogP contribution in [0.3, 0.4) is 0 Å². The van der Waals surface area contributed by atoms with Gasteiger partial charge >= 0.3 is 0 Å². The van der Waals surface area contributed by atoms with Gasteiger partial charge < -0.3 is 0 Å². The van der Waals surface area contributed by atoms with E-state index in [4.69, 9.17) is 0 Å². The van der Waals surface area contributed by atoms with Crippen molar-refractivity contribution in [3.63, 3.8) is 0 Å². The van der Waals surface area contributed by atoms with Crippen molar-refractivity contribution in [2.45, 2.75) is 26.8 Å². The molecule has 2 aromatic rings. The van der Waals surface area contributed by atoms with Crippen LogP contribution in [0.1, 0.15) is 27.3 Å². The van der Waals surface area contributed by atoms with Crippen LogP contribution in [0.25, 0.3) is 0 Å². The van der Waals surface area contributed by atoms with Crippen LogP contribution >= 0.6 is 0 Å². The van der Waals surface area contributed by atoms with E-state index < -0.39 is 0 Å². The maximum Gasteiger partial charge on any atom is 0.272 e. The Morgan fingerprint density at radius 2 is 2.05 bits per heavy atom. The summed E-state index contributed by atoms with van der Waals surface area (Å²) < 4.78 is 1.72. The normalized spacial score (nSPS) is 10.5. The Hall–Kier alpha value is -2.50. The topological polar surface area (TPSA) is 78.0 Å². The molecular formula is C14H15N3O3. The molecule has 0 atom stereocenters. The minimum Gasteiger partial charge on any atom is -0.298 e. The zero-order valence-electron chi connectivity index (χ0n) is 11.4. The lowest BCUT2D eigenvalue weighted by atomic mass is 10.1.